The molecule has 0 spiro atoms. The SMILES string of the molecule is CCC(=O)O.COc1cccc(OC)c1C(C)C. The summed E-state index contributed by atoms with van der Waals surface area (Å²) in [5.41, 5.74) is 1.13. The molecular formula is C14H22O4. The Labute approximate surface area is 109 Å². The summed E-state index contributed by atoms with van der Waals surface area (Å²) in [6.45, 7) is 5.85. The van der Waals surface area contributed by atoms with Crippen LogP contribution >= 0.6 is 0 Å². The van der Waals surface area contributed by atoms with Crippen LogP contribution in [0.1, 0.15) is 38.7 Å². The summed E-state index contributed by atoms with van der Waals surface area (Å²) in [6, 6.07) is 5.85. The second-order valence-electron chi connectivity index (χ2n) is 3.98. The van der Waals surface area contributed by atoms with E-state index in [9.17, 15) is 4.79 Å². The molecule has 0 saturated carbocycles. The van der Waals surface area contributed by atoms with E-state index in [1.807, 2.05) is 18.2 Å². The van der Waals surface area contributed by atoms with Crippen LogP contribution in [0.4, 0.5) is 0 Å². The zero-order valence-corrected chi connectivity index (χ0v) is 11.7. The molecule has 0 fully saturated rings. The molecule has 0 aliphatic rings. The molecule has 0 unspecified atom stereocenters. The molecule has 18 heavy (non-hydrogen) atoms. The number of benzene rings is 1. The molecule has 4 nitrogen and oxygen atoms in total. The first kappa shape index (κ1) is 16.3. The summed E-state index contributed by atoms with van der Waals surface area (Å²) in [5.74, 6) is 1.46. The van der Waals surface area contributed by atoms with Gasteiger partial charge in [0, 0.05) is 12.0 Å². The molecule has 4 heteroatoms. The number of carboxylic acid groups (broad SMARTS) is 1. The Morgan fingerprint density at radius 2 is 1.61 bits per heavy atom. The maximum absolute atomic E-state index is 9.37. The Bertz CT molecular complexity index is 350. The fraction of sp³-hybridized carbons (Fsp3) is 0.500. The number of methoxy groups -OCH3 is 2. The summed E-state index contributed by atoms with van der Waals surface area (Å²) in [6.07, 6.45) is 0.222. The molecule has 0 saturated heterocycles. The van der Waals surface area contributed by atoms with Crippen molar-refractivity contribution < 1.29 is 19.4 Å². The first-order chi connectivity index (χ1) is 8.47. The number of aliphatic carboxylic acids is 1. The first-order valence-corrected chi connectivity index (χ1v) is 5.90. The average Bonchev–Trinajstić information content (AvgIpc) is 2.37. The lowest BCUT2D eigenvalue weighted by molar-refractivity contribution is -0.136. The van der Waals surface area contributed by atoms with E-state index >= 15 is 0 Å². The van der Waals surface area contributed by atoms with E-state index in [-0.39, 0.29) is 6.42 Å². The fourth-order valence-electron chi connectivity index (χ4n) is 1.45. The predicted molar refractivity (Wildman–Crippen MR) is 71.6 cm³/mol. The van der Waals surface area contributed by atoms with Crippen molar-refractivity contribution in [1.82, 2.24) is 0 Å². The lowest BCUT2D eigenvalue weighted by Crippen LogP contribution is -1.98. The zero-order valence-electron chi connectivity index (χ0n) is 11.7. The molecule has 1 aromatic carbocycles. The molecule has 0 atom stereocenters. The number of ether oxygens (including phenoxy) is 2. The lowest BCUT2D eigenvalue weighted by Gasteiger charge is -2.15. The highest BCUT2D eigenvalue weighted by atomic mass is 16.5. The minimum atomic E-state index is -0.745. The second-order valence-corrected chi connectivity index (χ2v) is 3.98. The van der Waals surface area contributed by atoms with Crippen LogP contribution in [-0.2, 0) is 4.79 Å². The Balaban J connectivity index is 0.000000494. The highest BCUT2D eigenvalue weighted by Crippen LogP contribution is 2.34. The van der Waals surface area contributed by atoms with Crippen molar-refractivity contribution in [2.45, 2.75) is 33.1 Å². The van der Waals surface area contributed by atoms with Crippen molar-refractivity contribution in [3.05, 3.63) is 23.8 Å². The highest BCUT2D eigenvalue weighted by molar-refractivity contribution is 5.66. The Hall–Kier alpha value is -1.71. The number of carboxylic acids is 1. The molecule has 0 aliphatic carbocycles. The van der Waals surface area contributed by atoms with Gasteiger partial charge in [0.25, 0.3) is 0 Å². The van der Waals surface area contributed by atoms with E-state index in [4.69, 9.17) is 14.6 Å². The summed E-state index contributed by atoms with van der Waals surface area (Å²) < 4.78 is 10.5. The van der Waals surface area contributed by atoms with Crippen LogP contribution in [0.25, 0.3) is 0 Å². The Morgan fingerprint density at radius 3 is 1.83 bits per heavy atom. The van der Waals surface area contributed by atoms with Crippen LogP contribution in [-0.4, -0.2) is 25.3 Å². The van der Waals surface area contributed by atoms with Crippen LogP contribution in [0.15, 0.2) is 18.2 Å². The maximum Gasteiger partial charge on any atom is 0.303 e. The molecule has 0 amide bonds. The third-order valence-corrected chi connectivity index (χ3v) is 2.35. The first-order valence-electron chi connectivity index (χ1n) is 5.90. The molecule has 102 valence electrons. The van der Waals surface area contributed by atoms with E-state index in [1.165, 1.54) is 0 Å². The minimum Gasteiger partial charge on any atom is -0.496 e. The Kier molecular flexibility index (Phi) is 7.59. The van der Waals surface area contributed by atoms with E-state index in [0.717, 1.165) is 17.1 Å². The van der Waals surface area contributed by atoms with Gasteiger partial charge in [0.2, 0.25) is 0 Å². The third kappa shape index (κ3) is 5.08. The third-order valence-electron chi connectivity index (χ3n) is 2.35. The molecule has 1 rings (SSSR count). The fourth-order valence-corrected chi connectivity index (χ4v) is 1.45. The van der Waals surface area contributed by atoms with Crippen LogP contribution in [0.5, 0.6) is 11.5 Å². The molecular weight excluding hydrogens is 232 g/mol. The molecule has 0 bridgehead atoms. The quantitative estimate of drug-likeness (QED) is 0.895. The predicted octanol–water partition coefficient (Wildman–Crippen LogP) is 3.31. The van der Waals surface area contributed by atoms with E-state index in [1.54, 1.807) is 21.1 Å². The summed E-state index contributed by atoms with van der Waals surface area (Å²) in [7, 11) is 3.36. The number of rotatable bonds is 4. The van der Waals surface area contributed by atoms with Gasteiger partial charge in [-0.25, -0.2) is 0 Å². The van der Waals surface area contributed by atoms with Gasteiger partial charge in [0.05, 0.1) is 14.2 Å². The van der Waals surface area contributed by atoms with Crippen LogP contribution in [0, 0.1) is 0 Å². The van der Waals surface area contributed by atoms with Crippen molar-refractivity contribution in [3.63, 3.8) is 0 Å². The molecule has 0 aliphatic heterocycles. The topological polar surface area (TPSA) is 55.8 Å². The van der Waals surface area contributed by atoms with Crippen molar-refractivity contribution in [2.75, 3.05) is 14.2 Å². The van der Waals surface area contributed by atoms with Crippen molar-refractivity contribution in [2.24, 2.45) is 0 Å². The van der Waals surface area contributed by atoms with Crippen molar-refractivity contribution in [3.8, 4) is 11.5 Å². The maximum atomic E-state index is 9.37. The molecule has 0 aromatic heterocycles. The molecule has 1 aromatic rings. The highest BCUT2D eigenvalue weighted by Gasteiger charge is 2.12. The molecule has 0 heterocycles. The molecule has 0 radical (unpaired) electrons. The van der Waals surface area contributed by atoms with Gasteiger partial charge in [-0.1, -0.05) is 26.8 Å². The van der Waals surface area contributed by atoms with Gasteiger partial charge < -0.3 is 14.6 Å². The van der Waals surface area contributed by atoms with Crippen molar-refractivity contribution in [1.29, 1.82) is 0 Å². The number of hydrogen-bond donors (Lipinski definition) is 1. The van der Waals surface area contributed by atoms with Gasteiger partial charge in [0.1, 0.15) is 11.5 Å². The second kappa shape index (κ2) is 8.39. The number of carbonyl (C=O) groups is 1. The van der Waals surface area contributed by atoms with Gasteiger partial charge in [-0.05, 0) is 18.1 Å². The summed E-state index contributed by atoms with van der Waals surface area (Å²) in [5, 5.41) is 7.72. The van der Waals surface area contributed by atoms with Crippen LogP contribution < -0.4 is 9.47 Å². The lowest BCUT2D eigenvalue weighted by atomic mass is 10.0. The van der Waals surface area contributed by atoms with Gasteiger partial charge in [-0.2, -0.15) is 0 Å². The van der Waals surface area contributed by atoms with Gasteiger partial charge in [0.15, 0.2) is 0 Å². The van der Waals surface area contributed by atoms with E-state index < -0.39 is 5.97 Å². The van der Waals surface area contributed by atoms with Gasteiger partial charge in [-0.15, -0.1) is 0 Å². The monoisotopic (exact) mass is 254 g/mol. The minimum absolute atomic E-state index is 0.222. The summed E-state index contributed by atoms with van der Waals surface area (Å²) in [4.78, 5) is 9.37. The normalized spacial score (nSPS) is 9.44. The standard InChI is InChI=1S/C11H16O2.C3H6O2/c1-8(2)11-9(12-3)6-5-7-10(11)13-4;1-2-3(4)5/h5-8H,1-4H3;2H2,1H3,(H,4,5). The van der Waals surface area contributed by atoms with Gasteiger partial charge in [-0.3, -0.25) is 4.79 Å². The van der Waals surface area contributed by atoms with E-state index in [0.29, 0.717) is 5.92 Å². The van der Waals surface area contributed by atoms with E-state index in [2.05, 4.69) is 13.8 Å². The van der Waals surface area contributed by atoms with Crippen molar-refractivity contribution >= 4 is 5.97 Å². The van der Waals surface area contributed by atoms with Crippen LogP contribution in [0.2, 0.25) is 0 Å². The van der Waals surface area contributed by atoms with Crippen LogP contribution in [0.3, 0.4) is 0 Å². The van der Waals surface area contributed by atoms with Gasteiger partial charge >= 0.3 is 5.97 Å². The largest absolute Gasteiger partial charge is 0.496 e. The number of hydrogen-bond acceptors (Lipinski definition) is 3. The Morgan fingerprint density at radius 1 is 1.22 bits per heavy atom. The molecule has 1 N–H and O–H groups in total. The smallest absolute Gasteiger partial charge is 0.303 e. The summed E-state index contributed by atoms with van der Waals surface area (Å²) >= 11 is 0. The average molecular weight is 254 g/mol. The zero-order chi connectivity index (χ0) is 14.1.